The van der Waals surface area contributed by atoms with Gasteiger partial charge in [0.25, 0.3) is 0 Å². The van der Waals surface area contributed by atoms with Crippen molar-refractivity contribution in [1.82, 2.24) is 9.66 Å². The van der Waals surface area contributed by atoms with Gasteiger partial charge < -0.3 is 4.42 Å². The first-order valence-electron chi connectivity index (χ1n) is 9.63. The van der Waals surface area contributed by atoms with E-state index in [2.05, 4.69) is 35.5 Å². The van der Waals surface area contributed by atoms with Crippen LogP contribution in [0.25, 0.3) is 22.4 Å². The molecule has 0 aliphatic heterocycles. The van der Waals surface area contributed by atoms with Gasteiger partial charge in [-0.15, -0.1) is 23.1 Å². The van der Waals surface area contributed by atoms with Crippen LogP contribution in [0.5, 0.6) is 0 Å². The minimum Gasteiger partial charge on any atom is -0.454 e. The Balaban J connectivity index is 1.62. The van der Waals surface area contributed by atoms with E-state index in [1.165, 1.54) is 16.2 Å². The zero-order chi connectivity index (χ0) is 21.0. The van der Waals surface area contributed by atoms with Gasteiger partial charge in [0.05, 0.1) is 18.1 Å². The van der Waals surface area contributed by atoms with Crippen molar-refractivity contribution >= 4 is 46.0 Å². The number of furan rings is 1. The third kappa shape index (κ3) is 4.23. The standard InChI is InChI=1S/C24H18N4OS2/c1-30-20-10-8-17(9-11-20)14-26-28-21(23-13-18-5-2-3-7-22(18)29-23)16-31-24(28)27-19-6-4-12-25-15-19/h2-16H,1H3. The second-order valence-corrected chi connectivity index (χ2v) is 8.42. The first kappa shape index (κ1) is 19.5. The van der Waals surface area contributed by atoms with Crippen molar-refractivity contribution in [3.63, 3.8) is 0 Å². The first-order valence-corrected chi connectivity index (χ1v) is 11.7. The predicted octanol–water partition coefficient (Wildman–Crippen LogP) is 6.19. The van der Waals surface area contributed by atoms with Crippen molar-refractivity contribution in [3.05, 3.63) is 94.9 Å². The third-order valence-electron chi connectivity index (χ3n) is 4.67. The topological polar surface area (TPSA) is 55.7 Å². The smallest absolute Gasteiger partial charge is 0.211 e. The molecule has 152 valence electrons. The van der Waals surface area contributed by atoms with E-state index in [1.807, 2.05) is 58.7 Å². The maximum atomic E-state index is 6.10. The number of thioether (sulfide) groups is 1. The lowest BCUT2D eigenvalue weighted by molar-refractivity contribution is 0.622. The van der Waals surface area contributed by atoms with E-state index in [-0.39, 0.29) is 0 Å². The van der Waals surface area contributed by atoms with Crippen molar-refractivity contribution in [2.45, 2.75) is 4.90 Å². The SMILES string of the molecule is CSc1ccc(C=Nn2c(-c3cc4ccccc4o3)csc2=Nc2cccnc2)cc1. The van der Waals surface area contributed by atoms with Crippen LogP contribution in [0.4, 0.5) is 5.69 Å². The second kappa shape index (κ2) is 8.75. The molecule has 0 saturated heterocycles. The summed E-state index contributed by atoms with van der Waals surface area (Å²) in [7, 11) is 0. The minimum atomic E-state index is 0.737. The Morgan fingerprint density at radius 2 is 1.94 bits per heavy atom. The molecule has 7 heteroatoms. The average molecular weight is 443 g/mol. The largest absolute Gasteiger partial charge is 0.454 e. The summed E-state index contributed by atoms with van der Waals surface area (Å²) in [5.74, 6) is 0.750. The second-order valence-electron chi connectivity index (χ2n) is 6.70. The normalized spacial score (nSPS) is 12.2. The molecule has 0 saturated carbocycles. The highest BCUT2D eigenvalue weighted by atomic mass is 32.2. The molecule has 3 heterocycles. The number of pyridine rings is 1. The fourth-order valence-corrected chi connectivity index (χ4v) is 4.36. The van der Waals surface area contributed by atoms with E-state index in [0.717, 1.165) is 38.5 Å². The molecule has 5 aromatic rings. The van der Waals surface area contributed by atoms with Gasteiger partial charge in [-0.3, -0.25) is 4.98 Å². The molecule has 0 bridgehead atoms. The van der Waals surface area contributed by atoms with Crippen LogP contribution in [0.1, 0.15) is 5.56 Å². The van der Waals surface area contributed by atoms with Crippen molar-refractivity contribution in [2.75, 3.05) is 6.26 Å². The number of para-hydroxylation sites is 1. The van der Waals surface area contributed by atoms with E-state index in [9.17, 15) is 0 Å². The summed E-state index contributed by atoms with van der Waals surface area (Å²) >= 11 is 3.23. The van der Waals surface area contributed by atoms with Crippen molar-refractivity contribution in [2.24, 2.45) is 10.1 Å². The molecule has 5 rings (SSSR count). The molecular formula is C24H18N4OS2. The lowest BCUT2D eigenvalue weighted by Crippen LogP contribution is -2.11. The van der Waals surface area contributed by atoms with Gasteiger partial charge in [0.15, 0.2) is 5.76 Å². The highest BCUT2D eigenvalue weighted by molar-refractivity contribution is 7.98. The summed E-state index contributed by atoms with van der Waals surface area (Å²) in [4.78, 5) is 10.9. The fraction of sp³-hybridized carbons (Fsp3) is 0.0417. The van der Waals surface area contributed by atoms with Crippen LogP contribution in [0.2, 0.25) is 0 Å². The number of aromatic nitrogens is 2. The highest BCUT2D eigenvalue weighted by Gasteiger charge is 2.13. The maximum Gasteiger partial charge on any atom is 0.211 e. The number of hydrogen-bond donors (Lipinski definition) is 0. The molecular weight excluding hydrogens is 424 g/mol. The summed E-state index contributed by atoms with van der Waals surface area (Å²) in [6, 6.07) is 22.1. The molecule has 2 aromatic carbocycles. The molecule has 0 N–H and O–H groups in total. The molecule has 31 heavy (non-hydrogen) atoms. The van der Waals surface area contributed by atoms with Gasteiger partial charge >= 0.3 is 0 Å². The third-order valence-corrected chi connectivity index (χ3v) is 6.23. The number of benzene rings is 2. The van der Waals surface area contributed by atoms with Crippen molar-refractivity contribution < 1.29 is 4.42 Å². The summed E-state index contributed by atoms with van der Waals surface area (Å²) < 4.78 is 7.91. The molecule has 0 amide bonds. The Kier molecular flexibility index (Phi) is 5.52. The number of fused-ring (bicyclic) bond motifs is 1. The molecule has 0 aliphatic carbocycles. The van der Waals surface area contributed by atoms with Gasteiger partial charge in [-0.05, 0) is 48.2 Å². The Bertz CT molecular complexity index is 1380. The molecule has 0 atom stereocenters. The van der Waals surface area contributed by atoms with E-state index < -0.39 is 0 Å². The van der Waals surface area contributed by atoms with Gasteiger partial charge in [-0.1, -0.05) is 30.3 Å². The monoisotopic (exact) mass is 442 g/mol. The first-order chi connectivity index (χ1) is 15.3. The summed E-state index contributed by atoms with van der Waals surface area (Å²) in [6.07, 6.45) is 7.37. The van der Waals surface area contributed by atoms with E-state index >= 15 is 0 Å². The van der Waals surface area contributed by atoms with Crippen LogP contribution in [-0.2, 0) is 0 Å². The minimum absolute atomic E-state index is 0.737. The van der Waals surface area contributed by atoms with Crippen LogP contribution in [0.3, 0.4) is 0 Å². The lowest BCUT2D eigenvalue weighted by atomic mass is 10.2. The number of rotatable bonds is 5. The fourth-order valence-electron chi connectivity index (χ4n) is 3.11. The average Bonchev–Trinajstić information content (AvgIpc) is 3.42. The van der Waals surface area contributed by atoms with Gasteiger partial charge in [-0.25, -0.2) is 9.67 Å². The van der Waals surface area contributed by atoms with E-state index in [4.69, 9.17) is 14.5 Å². The molecule has 0 spiro atoms. The molecule has 0 aliphatic rings. The number of thiazole rings is 1. The summed E-state index contributed by atoms with van der Waals surface area (Å²) in [5, 5.41) is 7.82. The Labute approximate surface area is 187 Å². The van der Waals surface area contributed by atoms with Crippen LogP contribution < -0.4 is 4.80 Å². The number of nitrogens with zero attached hydrogens (tertiary/aromatic N) is 4. The van der Waals surface area contributed by atoms with Crippen molar-refractivity contribution in [3.8, 4) is 11.5 Å². The Morgan fingerprint density at radius 1 is 1.06 bits per heavy atom. The van der Waals surface area contributed by atoms with Crippen LogP contribution in [-0.4, -0.2) is 22.1 Å². The highest BCUT2D eigenvalue weighted by Crippen LogP contribution is 2.28. The van der Waals surface area contributed by atoms with Crippen LogP contribution in [0.15, 0.2) is 104 Å². The summed E-state index contributed by atoms with van der Waals surface area (Å²) in [6.45, 7) is 0. The van der Waals surface area contributed by atoms with E-state index in [0.29, 0.717) is 0 Å². The quantitative estimate of drug-likeness (QED) is 0.241. The Morgan fingerprint density at radius 3 is 2.71 bits per heavy atom. The van der Waals surface area contributed by atoms with Gasteiger partial charge in [0, 0.05) is 21.9 Å². The van der Waals surface area contributed by atoms with Gasteiger partial charge in [0.1, 0.15) is 11.3 Å². The Hall–Kier alpha value is -3.42. The van der Waals surface area contributed by atoms with Gasteiger partial charge in [-0.2, -0.15) is 5.10 Å². The molecule has 3 aromatic heterocycles. The molecule has 0 unspecified atom stereocenters. The number of hydrogen-bond acceptors (Lipinski definition) is 6. The maximum absolute atomic E-state index is 6.10. The van der Waals surface area contributed by atoms with E-state index in [1.54, 1.807) is 24.2 Å². The van der Waals surface area contributed by atoms with Crippen LogP contribution >= 0.6 is 23.1 Å². The van der Waals surface area contributed by atoms with Crippen LogP contribution in [0, 0.1) is 0 Å². The van der Waals surface area contributed by atoms with Crippen molar-refractivity contribution in [1.29, 1.82) is 0 Å². The summed E-state index contributed by atoms with van der Waals surface area (Å²) in [5.41, 5.74) is 3.48. The molecule has 0 fully saturated rings. The molecule has 0 radical (unpaired) electrons. The molecule has 5 nitrogen and oxygen atoms in total. The zero-order valence-electron chi connectivity index (χ0n) is 16.7. The lowest BCUT2D eigenvalue weighted by Gasteiger charge is -2.01. The van der Waals surface area contributed by atoms with Gasteiger partial charge in [0.2, 0.25) is 4.80 Å². The predicted molar refractivity (Wildman–Crippen MR) is 128 cm³/mol. The zero-order valence-corrected chi connectivity index (χ0v) is 18.3.